The molecule has 0 radical (unpaired) electrons. The number of rotatable bonds is 6. The summed E-state index contributed by atoms with van der Waals surface area (Å²) in [5, 5.41) is 2.59. The van der Waals surface area contributed by atoms with Crippen molar-refractivity contribution >= 4 is 33.2 Å². The predicted molar refractivity (Wildman–Crippen MR) is 96.7 cm³/mol. The minimum atomic E-state index is -4.93. The van der Waals surface area contributed by atoms with Crippen LogP contribution in [0.5, 0.6) is 0 Å². The van der Waals surface area contributed by atoms with Crippen molar-refractivity contribution in [3.63, 3.8) is 0 Å². The Balaban J connectivity index is 2.15. The zero-order valence-corrected chi connectivity index (χ0v) is 16.0. The van der Waals surface area contributed by atoms with E-state index in [9.17, 15) is 30.8 Å². The summed E-state index contributed by atoms with van der Waals surface area (Å²) in [6.07, 6.45) is -4.03. The van der Waals surface area contributed by atoms with Gasteiger partial charge in [-0.1, -0.05) is 23.7 Å². The van der Waals surface area contributed by atoms with E-state index >= 15 is 0 Å². The molecule has 0 unspecified atom stereocenters. The second-order valence-corrected chi connectivity index (χ2v) is 8.32. The molecule has 0 aliphatic rings. The number of benzene rings is 2. The van der Waals surface area contributed by atoms with Crippen molar-refractivity contribution in [2.24, 2.45) is 0 Å². The summed E-state index contributed by atoms with van der Waals surface area (Å²) in [5.41, 5.74) is -1.28. The van der Waals surface area contributed by atoms with E-state index in [1.54, 1.807) is 24.3 Å². The highest BCUT2D eigenvalue weighted by molar-refractivity contribution is 7.88. The molecule has 0 spiro atoms. The molecule has 0 fully saturated rings. The predicted octanol–water partition coefficient (Wildman–Crippen LogP) is 3.90. The number of nitrogens with zero attached hydrogens (tertiary/aromatic N) is 1. The van der Waals surface area contributed by atoms with E-state index in [2.05, 4.69) is 5.32 Å². The van der Waals surface area contributed by atoms with Crippen molar-refractivity contribution in [3.8, 4) is 0 Å². The molecule has 28 heavy (non-hydrogen) atoms. The number of carbonyl (C=O) groups is 1. The molecule has 0 aliphatic carbocycles. The molecule has 0 aromatic heterocycles. The van der Waals surface area contributed by atoms with Crippen LogP contribution in [-0.2, 0) is 27.5 Å². The van der Waals surface area contributed by atoms with Gasteiger partial charge in [0.25, 0.3) is 0 Å². The van der Waals surface area contributed by atoms with Crippen LogP contribution in [0.3, 0.4) is 0 Å². The lowest BCUT2D eigenvalue weighted by molar-refractivity contribution is -0.140. The number of amides is 1. The van der Waals surface area contributed by atoms with Crippen LogP contribution < -0.4 is 5.32 Å². The topological polar surface area (TPSA) is 66.5 Å². The van der Waals surface area contributed by atoms with E-state index < -0.39 is 40.0 Å². The van der Waals surface area contributed by atoms with E-state index in [4.69, 9.17) is 11.6 Å². The van der Waals surface area contributed by atoms with Gasteiger partial charge in [0, 0.05) is 17.3 Å². The first-order valence-corrected chi connectivity index (χ1v) is 9.95. The van der Waals surface area contributed by atoms with Gasteiger partial charge in [-0.25, -0.2) is 12.8 Å². The SMILES string of the molecule is CS(=O)(=O)N(CC(=O)Nc1ccc(F)c(C(F)(F)F)c1)Cc1ccc(Cl)cc1. The quantitative estimate of drug-likeness (QED) is 0.696. The Bertz CT molecular complexity index is 963. The van der Waals surface area contributed by atoms with E-state index in [0.717, 1.165) is 16.6 Å². The van der Waals surface area contributed by atoms with Gasteiger partial charge in [0.2, 0.25) is 15.9 Å². The Kier molecular flexibility index (Phi) is 6.68. The summed E-state index contributed by atoms with van der Waals surface area (Å²) in [6.45, 7) is -0.777. The molecule has 0 saturated carbocycles. The molecular weight excluding hydrogens is 424 g/mol. The van der Waals surface area contributed by atoms with E-state index in [0.29, 0.717) is 22.7 Å². The maximum Gasteiger partial charge on any atom is 0.419 e. The monoisotopic (exact) mass is 438 g/mol. The fourth-order valence-electron chi connectivity index (χ4n) is 2.26. The number of halogens is 5. The average Bonchev–Trinajstić information content (AvgIpc) is 2.56. The molecule has 0 heterocycles. The van der Waals surface area contributed by atoms with Crippen LogP contribution in [0.4, 0.5) is 23.2 Å². The fraction of sp³-hybridized carbons (Fsp3) is 0.235. The van der Waals surface area contributed by atoms with Crippen molar-refractivity contribution in [1.82, 2.24) is 4.31 Å². The minimum absolute atomic E-state index is 0.138. The lowest BCUT2D eigenvalue weighted by Crippen LogP contribution is -2.36. The maximum atomic E-state index is 13.3. The number of nitrogens with one attached hydrogen (secondary N) is 1. The molecule has 2 rings (SSSR count). The third-order valence-electron chi connectivity index (χ3n) is 3.62. The third-order valence-corrected chi connectivity index (χ3v) is 5.06. The number of anilines is 1. The van der Waals surface area contributed by atoms with Crippen molar-refractivity contribution in [2.75, 3.05) is 18.1 Å². The van der Waals surface area contributed by atoms with Crippen molar-refractivity contribution in [2.45, 2.75) is 12.7 Å². The molecule has 2 aromatic carbocycles. The largest absolute Gasteiger partial charge is 0.419 e. The van der Waals surface area contributed by atoms with Gasteiger partial charge in [-0.15, -0.1) is 0 Å². The summed E-state index contributed by atoms with van der Waals surface area (Å²) in [6, 6.07) is 8.22. The molecule has 1 amide bonds. The van der Waals surface area contributed by atoms with Crippen LogP contribution >= 0.6 is 11.6 Å². The molecule has 152 valence electrons. The first kappa shape index (κ1) is 22.1. The van der Waals surface area contributed by atoms with Gasteiger partial charge in [0.1, 0.15) is 5.82 Å². The smallest absolute Gasteiger partial charge is 0.325 e. The Morgan fingerprint density at radius 2 is 1.75 bits per heavy atom. The lowest BCUT2D eigenvalue weighted by Gasteiger charge is -2.20. The van der Waals surface area contributed by atoms with Crippen LogP contribution in [0.2, 0.25) is 5.02 Å². The molecule has 0 aliphatic heterocycles. The lowest BCUT2D eigenvalue weighted by atomic mass is 10.2. The van der Waals surface area contributed by atoms with Crippen LogP contribution in [0.15, 0.2) is 42.5 Å². The number of carbonyl (C=O) groups excluding carboxylic acids is 1. The highest BCUT2D eigenvalue weighted by atomic mass is 35.5. The highest BCUT2D eigenvalue weighted by Gasteiger charge is 2.34. The molecule has 0 saturated heterocycles. The molecule has 1 N–H and O–H groups in total. The molecule has 0 bridgehead atoms. The summed E-state index contributed by atoms with van der Waals surface area (Å²) >= 11 is 5.77. The second-order valence-electron chi connectivity index (χ2n) is 5.90. The molecule has 5 nitrogen and oxygen atoms in total. The summed E-state index contributed by atoms with van der Waals surface area (Å²) in [5.74, 6) is -2.36. The normalized spacial score (nSPS) is 12.2. The average molecular weight is 439 g/mol. The van der Waals surface area contributed by atoms with E-state index in [1.807, 2.05) is 0 Å². The Hall–Kier alpha value is -2.17. The Morgan fingerprint density at radius 1 is 1.14 bits per heavy atom. The summed E-state index contributed by atoms with van der Waals surface area (Å²) in [4.78, 5) is 12.1. The van der Waals surface area contributed by atoms with Gasteiger partial charge in [0.05, 0.1) is 18.4 Å². The number of hydrogen-bond donors (Lipinski definition) is 1. The van der Waals surface area contributed by atoms with Crippen LogP contribution in [0, 0.1) is 5.82 Å². The fourth-order valence-corrected chi connectivity index (χ4v) is 3.13. The summed E-state index contributed by atoms with van der Waals surface area (Å²) in [7, 11) is -3.80. The Labute approximate surface area is 164 Å². The standard InChI is InChI=1S/C17H15ClF4N2O3S/c1-28(26,27)24(9-11-2-4-12(18)5-3-11)10-16(25)23-13-6-7-15(19)14(8-13)17(20,21)22/h2-8H,9-10H2,1H3,(H,23,25). The Morgan fingerprint density at radius 3 is 2.29 bits per heavy atom. The second kappa shape index (κ2) is 8.46. The first-order valence-electron chi connectivity index (χ1n) is 7.72. The van der Waals surface area contributed by atoms with Gasteiger partial charge in [-0.05, 0) is 35.9 Å². The van der Waals surface area contributed by atoms with Crippen LogP contribution in [0.1, 0.15) is 11.1 Å². The van der Waals surface area contributed by atoms with E-state index in [1.165, 1.54) is 0 Å². The van der Waals surface area contributed by atoms with Gasteiger partial charge in [0.15, 0.2) is 0 Å². The first-order chi connectivity index (χ1) is 12.9. The minimum Gasteiger partial charge on any atom is -0.325 e. The zero-order valence-electron chi connectivity index (χ0n) is 14.4. The van der Waals surface area contributed by atoms with Gasteiger partial charge in [-0.2, -0.15) is 17.5 Å². The van der Waals surface area contributed by atoms with Crippen molar-refractivity contribution in [3.05, 3.63) is 64.4 Å². The zero-order chi connectivity index (χ0) is 21.1. The molecular formula is C17H15ClF4N2O3S. The third kappa shape index (κ3) is 6.18. The summed E-state index contributed by atoms with van der Waals surface area (Å²) < 4.78 is 76.3. The van der Waals surface area contributed by atoms with Crippen molar-refractivity contribution in [1.29, 1.82) is 0 Å². The molecule has 0 atom stereocenters. The number of hydrogen-bond acceptors (Lipinski definition) is 3. The maximum absolute atomic E-state index is 13.3. The van der Waals surface area contributed by atoms with Crippen molar-refractivity contribution < 1.29 is 30.8 Å². The highest BCUT2D eigenvalue weighted by Crippen LogP contribution is 2.33. The number of alkyl halides is 3. The van der Waals surface area contributed by atoms with Gasteiger partial charge in [-0.3, -0.25) is 4.79 Å². The van der Waals surface area contributed by atoms with Gasteiger partial charge >= 0.3 is 6.18 Å². The van der Waals surface area contributed by atoms with Crippen LogP contribution in [0.25, 0.3) is 0 Å². The molecule has 11 heteroatoms. The van der Waals surface area contributed by atoms with Crippen LogP contribution in [-0.4, -0.2) is 31.4 Å². The van der Waals surface area contributed by atoms with E-state index in [-0.39, 0.29) is 12.2 Å². The van der Waals surface area contributed by atoms with Gasteiger partial charge < -0.3 is 5.32 Å². The molecule has 2 aromatic rings. The number of sulfonamides is 1.